The standard InChI is InChI=1S/C12H12FNS/c1-12(14,10-5-6-15-8-10)9-3-2-4-11(13)7-9/h2-8H,14H2,1H3. The van der Waals surface area contributed by atoms with Gasteiger partial charge in [0.15, 0.2) is 0 Å². The average molecular weight is 221 g/mol. The summed E-state index contributed by atoms with van der Waals surface area (Å²) in [4.78, 5) is 0. The van der Waals surface area contributed by atoms with Crippen molar-refractivity contribution in [1.29, 1.82) is 0 Å². The highest BCUT2D eigenvalue weighted by atomic mass is 32.1. The topological polar surface area (TPSA) is 26.0 Å². The molecule has 0 fully saturated rings. The summed E-state index contributed by atoms with van der Waals surface area (Å²) in [5.41, 5.74) is 7.39. The predicted molar refractivity (Wildman–Crippen MR) is 61.4 cm³/mol. The van der Waals surface area contributed by atoms with Gasteiger partial charge in [-0.1, -0.05) is 12.1 Å². The molecule has 1 unspecified atom stereocenters. The van der Waals surface area contributed by atoms with Crippen LogP contribution in [0.25, 0.3) is 0 Å². The molecule has 1 heterocycles. The largest absolute Gasteiger partial charge is 0.318 e. The van der Waals surface area contributed by atoms with E-state index in [1.54, 1.807) is 17.4 Å². The Balaban J connectivity index is 2.46. The Morgan fingerprint density at radius 3 is 2.67 bits per heavy atom. The van der Waals surface area contributed by atoms with Crippen LogP contribution in [-0.2, 0) is 5.54 Å². The first-order valence-corrected chi connectivity index (χ1v) is 5.62. The van der Waals surface area contributed by atoms with Crippen molar-refractivity contribution >= 4 is 11.3 Å². The highest BCUT2D eigenvalue weighted by molar-refractivity contribution is 7.08. The molecular weight excluding hydrogens is 209 g/mol. The molecule has 0 saturated carbocycles. The lowest BCUT2D eigenvalue weighted by Crippen LogP contribution is -2.33. The number of hydrogen-bond donors (Lipinski definition) is 1. The molecule has 0 spiro atoms. The number of hydrogen-bond acceptors (Lipinski definition) is 2. The zero-order valence-electron chi connectivity index (χ0n) is 8.41. The maximum atomic E-state index is 13.1. The quantitative estimate of drug-likeness (QED) is 0.828. The first-order chi connectivity index (χ1) is 7.10. The van der Waals surface area contributed by atoms with Gasteiger partial charge in [0.05, 0.1) is 5.54 Å². The second-order valence-corrected chi connectivity index (χ2v) is 4.50. The van der Waals surface area contributed by atoms with Crippen molar-refractivity contribution in [2.75, 3.05) is 0 Å². The molecule has 0 aliphatic carbocycles. The molecule has 0 bridgehead atoms. The molecule has 1 atom stereocenters. The average Bonchev–Trinajstić information content (AvgIpc) is 2.71. The summed E-state index contributed by atoms with van der Waals surface area (Å²) in [6.45, 7) is 1.89. The first kappa shape index (κ1) is 10.3. The molecule has 0 radical (unpaired) electrons. The normalized spacial score (nSPS) is 14.9. The van der Waals surface area contributed by atoms with E-state index in [0.29, 0.717) is 0 Å². The van der Waals surface area contributed by atoms with Gasteiger partial charge >= 0.3 is 0 Å². The molecule has 1 aromatic carbocycles. The summed E-state index contributed by atoms with van der Waals surface area (Å²) < 4.78 is 13.1. The van der Waals surface area contributed by atoms with E-state index in [2.05, 4.69) is 0 Å². The van der Waals surface area contributed by atoms with Crippen LogP contribution in [-0.4, -0.2) is 0 Å². The Hall–Kier alpha value is -1.19. The minimum atomic E-state index is -0.623. The van der Waals surface area contributed by atoms with E-state index in [-0.39, 0.29) is 5.82 Å². The van der Waals surface area contributed by atoms with E-state index >= 15 is 0 Å². The van der Waals surface area contributed by atoms with Crippen LogP contribution in [0.4, 0.5) is 4.39 Å². The van der Waals surface area contributed by atoms with E-state index in [9.17, 15) is 4.39 Å². The van der Waals surface area contributed by atoms with Gasteiger partial charge in [-0.2, -0.15) is 11.3 Å². The van der Waals surface area contributed by atoms with Gasteiger partial charge in [-0.3, -0.25) is 0 Å². The van der Waals surface area contributed by atoms with Crippen LogP contribution in [0.15, 0.2) is 41.1 Å². The van der Waals surface area contributed by atoms with Gasteiger partial charge in [-0.15, -0.1) is 0 Å². The van der Waals surface area contributed by atoms with E-state index < -0.39 is 5.54 Å². The smallest absolute Gasteiger partial charge is 0.123 e. The highest BCUT2D eigenvalue weighted by Gasteiger charge is 2.24. The summed E-state index contributed by atoms with van der Waals surface area (Å²) in [6, 6.07) is 8.41. The molecule has 15 heavy (non-hydrogen) atoms. The Bertz CT molecular complexity index is 448. The Labute approximate surface area is 92.4 Å². The maximum Gasteiger partial charge on any atom is 0.123 e. The van der Waals surface area contributed by atoms with Crippen LogP contribution in [0, 0.1) is 5.82 Å². The summed E-state index contributed by atoms with van der Waals surface area (Å²) in [6.07, 6.45) is 0. The third kappa shape index (κ3) is 1.94. The number of benzene rings is 1. The van der Waals surface area contributed by atoms with Gasteiger partial charge < -0.3 is 5.73 Å². The molecule has 3 heteroatoms. The van der Waals surface area contributed by atoms with E-state index in [4.69, 9.17) is 5.73 Å². The zero-order valence-corrected chi connectivity index (χ0v) is 9.22. The fourth-order valence-corrected chi connectivity index (χ4v) is 2.31. The van der Waals surface area contributed by atoms with Gasteiger partial charge in [0.2, 0.25) is 0 Å². The van der Waals surface area contributed by atoms with E-state index in [0.717, 1.165) is 11.1 Å². The summed E-state index contributed by atoms with van der Waals surface area (Å²) in [5.74, 6) is -0.251. The lowest BCUT2D eigenvalue weighted by Gasteiger charge is -2.24. The molecular formula is C12H12FNS. The molecule has 1 aromatic heterocycles. The van der Waals surface area contributed by atoms with Crippen LogP contribution in [0.3, 0.4) is 0 Å². The highest BCUT2D eigenvalue weighted by Crippen LogP contribution is 2.28. The lowest BCUT2D eigenvalue weighted by molar-refractivity contribution is 0.583. The number of rotatable bonds is 2. The molecule has 0 aliphatic heterocycles. The Morgan fingerprint density at radius 1 is 1.27 bits per heavy atom. The van der Waals surface area contributed by atoms with Gasteiger partial charge in [0, 0.05) is 0 Å². The van der Waals surface area contributed by atoms with Gasteiger partial charge in [-0.05, 0) is 47.0 Å². The molecule has 1 nitrogen and oxygen atoms in total. The van der Waals surface area contributed by atoms with Gasteiger partial charge in [0.25, 0.3) is 0 Å². The molecule has 2 aromatic rings. The van der Waals surface area contributed by atoms with Crippen LogP contribution in [0.5, 0.6) is 0 Å². The number of halogens is 1. The number of thiophene rings is 1. The van der Waals surface area contributed by atoms with E-state index in [1.165, 1.54) is 12.1 Å². The van der Waals surface area contributed by atoms with Crippen molar-refractivity contribution in [3.63, 3.8) is 0 Å². The minimum Gasteiger partial charge on any atom is -0.318 e. The monoisotopic (exact) mass is 221 g/mol. The third-order valence-electron chi connectivity index (χ3n) is 2.55. The SMILES string of the molecule is CC(N)(c1ccsc1)c1cccc(F)c1. The van der Waals surface area contributed by atoms with Crippen LogP contribution >= 0.6 is 11.3 Å². The van der Waals surface area contributed by atoms with Crippen molar-refractivity contribution in [1.82, 2.24) is 0 Å². The summed E-state index contributed by atoms with van der Waals surface area (Å²) in [5, 5.41) is 3.96. The molecule has 78 valence electrons. The molecule has 0 saturated heterocycles. The van der Waals surface area contributed by atoms with Crippen LogP contribution in [0.2, 0.25) is 0 Å². The van der Waals surface area contributed by atoms with Gasteiger partial charge in [0.1, 0.15) is 5.82 Å². The molecule has 2 N–H and O–H groups in total. The number of nitrogens with two attached hydrogens (primary N) is 1. The molecule has 0 aliphatic rings. The summed E-state index contributed by atoms with van der Waals surface area (Å²) >= 11 is 1.59. The Kier molecular flexibility index (Phi) is 2.59. The van der Waals surface area contributed by atoms with Crippen molar-refractivity contribution in [2.24, 2.45) is 5.73 Å². The first-order valence-electron chi connectivity index (χ1n) is 4.68. The Morgan fingerprint density at radius 2 is 2.07 bits per heavy atom. The predicted octanol–water partition coefficient (Wildman–Crippen LogP) is 3.11. The third-order valence-corrected chi connectivity index (χ3v) is 3.23. The van der Waals surface area contributed by atoms with E-state index in [1.807, 2.05) is 29.8 Å². The van der Waals surface area contributed by atoms with Crippen molar-refractivity contribution in [2.45, 2.75) is 12.5 Å². The molecule has 0 amide bonds. The maximum absolute atomic E-state index is 13.1. The van der Waals surface area contributed by atoms with Crippen molar-refractivity contribution < 1.29 is 4.39 Å². The van der Waals surface area contributed by atoms with Crippen LogP contribution < -0.4 is 5.73 Å². The summed E-state index contributed by atoms with van der Waals surface area (Å²) in [7, 11) is 0. The lowest BCUT2D eigenvalue weighted by atomic mass is 9.87. The van der Waals surface area contributed by atoms with Crippen LogP contribution in [0.1, 0.15) is 18.1 Å². The minimum absolute atomic E-state index is 0.251. The second-order valence-electron chi connectivity index (χ2n) is 3.72. The molecule has 2 rings (SSSR count). The zero-order chi connectivity index (χ0) is 10.9. The van der Waals surface area contributed by atoms with Crippen molar-refractivity contribution in [3.8, 4) is 0 Å². The second kappa shape index (κ2) is 3.76. The van der Waals surface area contributed by atoms with Crippen molar-refractivity contribution in [3.05, 3.63) is 58.0 Å². The van der Waals surface area contributed by atoms with Gasteiger partial charge in [-0.25, -0.2) is 4.39 Å². The fraction of sp³-hybridized carbons (Fsp3) is 0.167. The fourth-order valence-electron chi connectivity index (χ4n) is 1.54.